The van der Waals surface area contributed by atoms with E-state index in [-0.39, 0.29) is 11.7 Å². The van der Waals surface area contributed by atoms with E-state index >= 15 is 0 Å². The van der Waals surface area contributed by atoms with Crippen LogP contribution in [0.25, 0.3) is 0 Å². The zero-order valence-electron chi connectivity index (χ0n) is 20.3. The van der Waals surface area contributed by atoms with Crippen molar-refractivity contribution in [3.05, 3.63) is 63.3 Å². The first-order chi connectivity index (χ1) is 17.3. The fourth-order valence-corrected chi connectivity index (χ4v) is 6.22. The number of carbonyl (C=O) groups is 2. The normalized spacial score (nSPS) is 13.2. The fraction of sp³-hybridized carbons (Fsp3) is 0.360. The molecule has 1 aromatic carbocycles. The van der Waals surface area contributed by atoms with Gasteiger partial charge in [0.2, 0.25) is 5.91 Å². The molecule has 1 unspecified atom stereocenters. The van der Waals surface area contributed by atoms with Crippen molar-refractivity contribution in [3.63, 3.8) is 0 Å². The second-order valence-corrected chi connectivity index (χ2v) is 10.8. The Kier molecular flexibility index (Phi) is 8.38. The summed E-state index contributed by atoms with van der Waals surface area (Å²) in [6, 6.07) is 5.47. The highest BCUT2D eigenvalue weighted by Gasteiger charge is 2.28. The number of aryl methyl sites for hydroxylation is 2. The summed E-state index contributed by atoms with van der Waals surface area (Å²) in [4.78, 5) is 26.3. The van der Waals surface area contributed by atoms with Gasteiger partial charge in [-0.3, -0.25) is 9.36 Å². The summed E-state index contributed by atoms with van der Waals surface area (Å²) in [5, 5.41) is 13.3. The fourth-order valence-electron chi connectivity index (χ4n) is 4.06. The molecule has 0 radical (unpaired) electrons. The number of aromatic nitrogens is 3. The Balaban J connectivity index is 1.45. The summed E-state index contributed by atoms with van der Waals surface area (Å²) in [6.07, 6.45) is 4.10. The molecule has 36 heavy (non-hydrogen) atoms. The predicted molar refractivity (Wildman–Crippen MR) is 142 cm³/mol. The van der Waals surface area contributed by atoms with E-state index in [1.807, 2.05) is 30.5 Å². The van der Waals surface area contributed by atoms with Crippen LogP contribution in [0.1, 0.15) is 51.6 Å². The van der Waals surface area contributed by atoms with Gasteiger partial charge in [0, 0.05) is 16.4 Å². The summed E-state index contributed by atoms with van der Waals surface area (Å²) in [6.45, 7) is 8.09. The topological polar surface area (TPSA) is 95.3 Å². The highest BCUT2D eigenvalue weighted by Crippen LogP contribution is 2.39. The largest absolute Gasteiger partial charge is 0.483 e. The molecule has 2 heterocycles. The van der Waals surface area contributed by atoms with Crippen LogP contribution < -0.4 is 10.1 Å². The number of hydrogen-bond acceptors (Lipinski definition) is 8. The molecule has 0 fully saturated rings. The predicted octanol–water partition coefficient (Wildman–Crippen LogP) is 5.63. The summed E-state index contributed by atoms with van der Waals surface area (Å²) in [7, 11) is 1.35. The number of nitrogens with one attached hydrogen (secondary N) is 1. The SMILES string of the molecule is C=CCn1c(SCC(=O)Nc2sc3c(c2C(=O)OC)CCC3)nnc1C(C)Oc1ccc(Cl)c(C)c1. The number of nitrogens with zero attached hydrogens (tertiary/aromatic N) is 3. The number of esters is 1. The van der Waals surface area contributed by atoms with Crippen molar-refractivity contribution in [2.75, 3.05) is 18.2 Å². The molecule has 1 amide bonds. The lowest BCUT2D eigenvalue weighted by Crippen LogP contribution is -2.17. The molecule has 0 saturated carbocycles. The summed E-state index contributed by atoms with van der Waals surface area (Å²) < 4.78 is 12.9. The highest BCUT2D eigenvalue weighted by atomic mass is 35.5. The first-order valence-corrected chi connectivity index (χ1v) is 13.6. The minimum atomic E-state index is -0.419. The maximum absolute atomic E-state index is 12.8. The van der Waals surface area contributed by atoms with Crippen LogP contribution in [0.3, 0.4) is 0 Å². The van der Waals surface area contributed by atoms with Crippen LogP contribution in [0, 0.1) is 6.92 Å². The molecule has 1 aliphatic carbocycles. The molecule has 8 nitrogen and oxygen atoms in total. The van der Waals surface area contributed by atoms with Crippen molar-refractivity contribution >= 4 is 51.6 Å². The van der Waals surface area contributed by atoms with Crippen molar-refractivity contribution in [2.24, 2.45) is 0 Å². The van der Waals surface area contributed by atoms with Gasteiger partial charge in [0.1, 0.15) is 10.8 Å². The number of ether oxygens (including phenoxy) is 2. The van der Waals surface area contributed by atoms with Gasteiger partial charge < -0.3 is 14.8 Å². The third-order valence-electron chi connectivity index (χ3n) is 5.76. The Morgan fingerprint density at radius 1 is 1.36 bits per heavy atom. The van der Waals surface area contributed by atoms with Gasteiger partial charge in [0.15, 0.2) is 17.1 Å². The third-order valence-corrected chi connectivity index (χ3v) is 8.36. The number of fused-ring (bicyclic) bond motifs is 1. The number of carbonyl (C=O) groups excluding carboxylic acids is 2. The zero-order chi connectivity index (χ0) is 25.8. The van der Waals surface area contributed by atoms with Gasteiger partial charge in [-0.1, -0.05) is 29.4 Å². The molecule has 4 rings (SSSR count). The van der Waals surface area contributed by atoms with E-state index < -0.39 is 12.1 Å². The Hall–Kier alpha value is -2.82. The van der Waals surface area contributed by atoms with Gasteiger partial charge in [-0.05, 0) is 62.4 Å². The summed E-state index contributed by atoms with van der Waals surface area (Å²) in [5.74, 6) is 0.742. The Bertz CT molecular complexity index is 1300. The molecule has 1 N–H and O–H groups in total. The van der Waals surface area contributed by atoms with Gasteiger partial charge in [-0.25, -0.2) is 4.79 Å². The van der Waals surface area contributed by atoms with E-state index in [0.717, 1.165) is 35.3 Å². The molecule has 0 bridgehead atoms. The van der Waals surface area contributed by atoms with Crippen molar-refractivity contribution < 1.29 is 19.1 Å². The van der Waals surface area contributed by atoms with Crippen molar-refractivity contribution in [2.45, 2.75) is 50.9 Å². The number of methoxy groups -OCH3 is 1. The summed E-state index contributed by atoms with van der Waals surface area (Å²) >= 11 is 8.83. The van der Waals surface area contributed by atoms with Crippen LogP contribution in [0.4, 0.5) is 5.00 Å². The van der Waals surface area contributed by atoms with Gasteiger partial charge in [0.25, 0.3) is 0 Å². The standard InChI is InChI=1S/C25H27ClN4O4S2/c1-5-11-30-22(15(3)34-16-9-10-18(26)14(2)12-16)28-29-25(30)35-13-20(31)27-23-21(24(32)33-4)17-7-6-8-19(17)36-23/h5,9-10,12,15H,1,6-8,11,13H2,2-4H3,(H,27,31). The number of amides is 1. The first-order valence-electron chi connectivity index (χ1n) is 11.4. The van der Waals surface area contributed by atoms with Gasteiger partial charge >= 0.3 is 5.97 Å². The molecule has 0 aliphatic heterocycles. The number of allylic oxidation sites excluding steroid dienone is 1. The lowest BCUT2D eigenvalue weighted by Gasteiger charge is -2.16. The summed E-state index contributed by atoms with van der Waals surface area (Å²) in [5.41, 5.74) is 2.39. The van der Waals surface area contributed by atoms with Gasteiger partial charge in [-0.2, -0.15) is 0 Å². The average Bonchev–Trinajstić information content (AvgIpc) is 3.55. The number of benzene rings is 1. The van der Waals surface area contributed by atoms with Crippen molar-refractivity contribution in [3.8, 4) is 5.75 Å². The Morgan fingerprint density at radius 2 is 2.17 bits per heavy atom. The van der Waals surface area contributed by atoms with E-state index in [9.17, 15) is 9.59 Å². The van der Waals surface area contributed by atoms with E-state index in [0.29, 0.717) is 38.9 Å². The van der Waals surface area contributed by atoms with E-state index in [1.165, 1.54) is 30.2 Å². The van der Waals surface area contributed by atoms with Crippen LogP contribution in [0.15, 0.2) is 36.0 Å². The van der Waals surface area contributed by atoms with Crippen LogP contribution >= 0.6 is 34.7 Å². The van der Waals surface area contributed by atoms with Crippen LogP contribution in [0.2, 0.25) is 5.02 Å². The second kappa shape index (κ2) is 11.5. The van der Waals surface area contributed by atoms with E-state index in [4.69, 9.17) is 21.1 Å². The molecule has 190 valence electrons. The molecule has 0 saturated heterocycles. The average molecular weight is 547 g/mol. The quantitative estimate of drug-likeness (QED) is 0.200. The van der Waals surface area contributed by atoms with E-state index in [1.54, 1.807) is 12.1 Å². The van der Waals surface area contributed by atoms with Crippen molar-refractivity contribution in [1.29, 1.82) is 0 Å². The number of halogens is 1. The first kappa shape index (κ1) is 26.2. The molecule has 11 heteroatoms. The number of anilines is 1. The monoisotopic (exact) mass is 546 g/mol. The zero-order valence-corrected chi connectivity index (χ0v) is 22.7. The Labute approximate surface area is 223 Å². The Morgan fingerprint density at radius 3 is 2.89 bits per heavy atom. The maximum atomic E-state index is 12.8. The number of thiophene rings is 1. The highest BCUT2D eigenvalue weighted by molar-refractivity contribution is 7.99. The smallest absolute Gasteiger partial charge is 0.341 e. The van der Waals surface area contributed by atoms with Crippen LogP contribution in [-0.2, 0) is 28.9 Å². The van der Waals surface area contributed by atoms with Gasteiger partial charge in [-0.15, -0.1) is 28.1 Å². The van der Waals surface area contributed by atoms with Crippen molar-refractivity contribution in [1.82, 2.24) is 14.8 Å². The number of hydrogen-bond donors (Lipinski definition) is 1. The minimum absolute atomic E-state index is 0.101. The van der Waals surface area contributed by atoms with Crippen LogP contribution in [0.5, 0.6) is 5.75 Å². The van der Waals surface area contributed by atoms with Crippen LogP contribution in [-0.4, -0.2) is 39.5 Å². The minimum Gasteiger partial charge on any atom is -0.483 e. The lowest BCUT2D eigenvalue weighted by atomic mass is 10.1. The number of rotatable bonds is 10. The van der Waals surface area contributed by atoms with Gasteiger partial charge in [0.05, 0.1) is 18.4 Å². The maximum Gasteiger partial charge on any atom is 0.341 e. The second-order valence-electron chi connectivity index (χ2n) is 8.30. The molecule has 3 aromatic rings. The number of thioether (sulfide) groups is 1. The third kappa shape index (κ3) is 5.61. The molecule has 2 aromatic heterocycles. The lowest BCUT2D eigenvalue weighted by molar-refractivity contribution is -0.113. The molecule has 1 aliphatic rings. The molecule has 1 atom stereocenters. The molecular formula is C25H27ClN4O4S2. The molecule has 0 spiro atoms. The van der Waals surface area contributed by atoms with E-state index in [2.05, 4.69) is 22.1 Å². The molecular weight excluding hydrogens is 520 g/mol.